The number of amides is 4. The molecule has 100 valence electrons. The van der Waals surface area contributed by atoms with Crippen LogP contribution in [0.1, 0.15) is 18.9 Å². The van der Waals surface area contributed by atoms with Gasteiger partial charge in [-0.05, 0) is 24.1 Å². The normalized spacial score (nSPS) is 17.9. The molecule has 0 saturated carbocycles. The van der Waals surface area contributed by atoms with Gasteiger partial charge in [0.05, 0.1) is 12.1 Å². The zero-order chi connectivity index (χ0) is 14.0. The molecule has 0 bridgehead atoms. The third-order valence-corrected chi connectivity index (χ3v) is 3.65. The maximum Gasteiger partial charge on any atom is 0.328 e. The van der Waals surface area contributed by atoms with E-state index in [9.17, 15) is 18.3 Å². The Balaban J connectivity index is 2.48. The summed E-state index contributed by atoms with van der Waals surface area (Å²) in [6.07, 6.45) is 0.195. The fourth-order valence-corrected chi connectivity index (χ4v) is 2.37. The zero-order valence-electron chi connectivity index (χ0n) is 10.0. The smallest absolute Gasteiger partial charge is 0.277 e. The zero-order valence-corrected chi connectivity index (χ0v) is 10.8. The standard InChI is InChI=1S/C12H11FN2O3S/c1-2-12(7-3-5-8(19-13)6-4-7)9(16)14-11(18)15-10(12)17/h3-6H,2H2,1H3,(H2,14,15,16,17,18). The SMILES string of the molecule is CCC1(c2ccc(SF)cc2)C(=O)NC(=O)NC1=O. The van der Waals surface area contributed by atoms with Gasteiger partial charge in [-0.3, -0.25) is 20.2 Å². The number of hydrogen-bond donors (Lipinski definition) is 2. The minimum Gasteiger partial charge on any atom is -0.277 e. The van der Waals surface area contributed by atoms with Gasteiger partial charge in [0.25, 0.3) is 0 Å². The predicted octanol–water partition coefficient (Wildman–Crippen LogP) is 1.68. The van der Waals surface area contributed by atoms with Gasteiger partial charge in [-0.15, -0.1) is 0 Å². The van der Waals surface area contributed by atoms with E-state index in [1.165, 1.54) is 24.3 Å². The van der Waals surface area contributed by atoms with Crippen molar-refractivity contribution >= 4 is 30.0 Å². The first kappa shape index (κ1) is 13.5. The maximum atomic E-state index is 12.4. The van der Waals surface area contributed by atoms with E-state index < -0.39 is 23.3 Å². The molecule has 0 aromatic heterocycles. The van der Waals surface area contributed by atoms with E-state index in [0.29, 0.717) is 10.5 Å². The molecule has 2 N–H and O–H groups in total. The van der Waals surface area contributed by atoms with Crippen LogP contribution in [0.5, 0.6) is 0 Å². The molecule has 0 aliphatic carbocycles. The molecule has 0 atom stereocenters. The highest BCUT2D eigenvalue weighted by molar-refractivity contribution is 7.94. The molecule has 19 heavy (non-hydrogen) atoms. The van der Waals surface area contributed by atoms with Crippen LogP contribution in [0.3, 0.4) is 0 Å². The fourth-order valence-electron chi connectivity index (χ4n) is 2.13. The molecule has 1 fully saturated rings. The van der Waals surface area contributed by atoms with Crippen molar-refractivity contribution in [1.82, 2.24) is 10.6 Å². The lowest BCUT2D eigenvalue weighted by Crippen LogP contribution is -2.64. The first-order chi connectivity index (χ1) is 9.04. The Morgan fingerprint density at radius 2 is 1.63 bits per heavy atom. The number of carbonyl (C=O) groups excluding carboxylic acids is 3. The van der Waals surface area contributed by atoms with Crippen molar-refractivity contribution in [1.29, 1.82) is 0 Å². The summed E-state index contributed by atoms with van der Waals surface area (Å²) >= 11 is 0.0774. The van der Waals surface area contributed by atoms with Crippen LogP contribution >= 0.6 is 12.1 Å². The Hall–Kier alpha value is -1.89. The molecule has 1 heterocycles. The number of imide groups is 2. The van der Waals surface area contributed by atoms with Gasteiger partial charge in [0.15, 0.2) is 5.41 Å². The number of hydrogen-bond acceptors (Lipinski definition) is 4. The number of carbonyl (C=O) groups is 3. The summed E-state index contributed by atoms with van der Waals surface area (Å²) in [4.78, 5) is 35.6. The van der Waals surface area contributed by atoms with E-state index in [-0.39, 0.29) is 18.6 Å². The van der Waals surface area contributed by atoms with Crippen LogP contribution in [-0.4, -0.2) is 17.8 Å². The second kappa shape index (κ2) is 5.00. The number of nitrogens with one attached hydrogen (secondary N) is 2. The van der Waals surface area contributed by atoms with Crippen molar-refractivity contribution < 1.29 is 18.3 Å². The molecule has 5 nitrogen and oxygen atoms in total. The van der Waals surface area contributed by atoms with Crippen molar-refractivity contribution in [3.05, 3.63) is 29.8 Å². The summed E-state index contributed by atoms with van der Waals surface area (Å²) in [5, 5.41) is 4.18. The van der Waals surface area contributed by atoms with Crippen LogP contribution in [0, 0.1) is 0 Å². The highest BCUT2D eigenvalue weighted by Gasteiger charge is 2.50. The summed E-state index contributed by atoms with van der Waals surface area (Å²) in [6.45, 7) is 1.67. The van der Waals surface area contributed by atoms with Crippen molar-refractivity contribution in [3.8, 4) is 0 Å². The van der Waals surface area contributed by atoms with E-state index in [4.69, 9.17) is 0 Å². The molecule has 1 aromatic carbocycles. The predicted molar refractivity (Wildman–Crippen MR) is 67.1 cm³/mol. The van der Waals surface area contributed by atoms with E-state index >= 15 is 0 Å². The van der Waals surface area contributed by atoms with Gasteiger partial charge in [0.2, 0.25) is 11.8 Å². The Bertz CT molecular complexity index is 524. The molecule has 0 radical (unpaired) electrons. The molecular formula is C12H11FN2O3S. The Labute approximate surface area is 113 Å². The minimum absolute atomic E-state index is 0.0774. The van der Waals surface area contributed by atoms with Crippen molar-refractivity contribution in [2.24, 2.45) is 0 Å². The van der Waals surface area contributed by atoms with E-state index in [0.717, 1.165) is 0 Å². The number of benzene rings is 1. The van der Waals surface area contributed by atoms with E-state index in [1.54, 1.807) is 6.92 Å². The van der Waals surface area contributed by atoms with Crippen LogP contribution in [0.25, 0.3) is 0 Å². The first-order valence-electron chi connectivity index (χ1n) is 5.60. The van der Waals surface area contributed by atoms with Gasteiger partial charge in [0, 0.05) is 4.90 Å². The molecule has 1 aliphatic heterocycles. The van der Waals surface area contributed by atoms with Crippen LogP contribution in [0.2, 0.25) is 0 Å². The van der Waals surface area contributed by atoms with Crippen LogP contribution in [0.4, 0.5) is 8.68 Å². The number of urea groups is 1. The van der Waals surface area contributed by atoms with Gasteiger partial charge in [-0.2, -0.15) is 3.89 Å². The lowest BCUT2D eigenvalue weighted by molar-refractivity contribution is -0.138. The minimum atomic E-state index is -1.45. The van der Waals surface area contributed by atoms with Gasteiger partial charge in [-0.25, -0.2) is 4.79 Å². The summed E-state index contributed by atoms with van der Waals surface area (Å²) in [7, 11) is 0. The topological polar surface area (TPSA) is 75.3 Å². The monoisotopic (exact) mass is 282 g/mol. The van der Waals surface area contributed by atoms with Gasteiger partial charge < -0.3 is 0 Å². The summed E-state index contributed by atoms with van der Waals surface area (Å²) in [5.41, 5.74) is -1.02. The molecule has 1 saturated heterocycles. The molecule has 1 aromatic rings. The summed E-state index contributed by atoms with van der Waals surface area (Å²) in [6, 6.07) is 5.17. The van der Waals surface area contributed by atoms with Crippen LogP contribution in [0.15, 0.2) is 29.2 Å². The second-order valence-electron chi connectivity index (χ2n) is 4.10. The fraction of sp³-hybridized carbons (Fsp3) is 0.250. The van der Waals surface area contributed by atoms with Crippen molar-refractivity contribution in [2.45, 2.75) is 23.7 Å². The second-order valence-corrected chi connectivity index (χ2v) is 4.72. The summed E-state index contributed by atoms with van der Waals surface area (Å²) < 4.78 is 12.4. The van der Waals surface area contributed by atoms with Crippen LogP contribution in [-0.2, 0) is 15.0 Å². The van der Waals surface area contributed by atoms with E-state index in [2.05, 4.69) is 10.6 Å². The number of halogens is 1. The van der Waals surface area contributed by atoms with Gasteiger partial charge in [0.1, 0.15) is 0 Å². The average Bonchev–Trinajstić information content (AvgIpc) is 2.39. The third kappa shape index (κ3) is 2.10. The maximum absolute atomic E-state index is 12.4. The highest BCUT2D eigenvalue weighted by Crippen LogP contribution is 2.32. The quantitative estimate of drug-likeness (QED) is 0.827. The lowest BCUT2D eigenvalue weighted by atomic mass is 9.75. The lowest BCUT2D eigenvalue weighted by Gasteiger charge is -2.33. The van der Waals surface area contributed by atoms with Gasteiger partial charge >= 0.3 is 6.03 Å². The number of barbiturate groups is 1. The largest absolute Gasteiger partial charge is 0.328 e. The van der Waals surface area contributed by atoms with Crippen LogP contribution < -0.4 is 10.6 Å². The van der Waals surface area contributed by atoms with Crippen molar-refractivity contribution in [3.63, 3.8) is 0 Å². The van der Waals surface area contributed by atoms with Crippen molar-refractivity contribution in [2.75, 3.05) is 0 Å². The molecule has 2 rings (SSSR count). The molecular weight excluding hydrogens is 271 g/mol. The third-order valence-electron chi connectivity index (χ3n) is 3.20. The van der Waals surface area contributed by atoms with E-state index in [1.807, 2.05) is 0 Å². The average molecular weight is 282 g/mol. The first-order valence-corrected chi connectivity index (χ1v) is 6.32. The Kier molecular flexibility index (Phi) is 3.57. The van der Waals surface area contributed by atoms with Gasteiger partial charge in [-0.1, -0.05) is 19.1 Å². The number of rotatable bonds is 3. The molecule has 0 spiro atoms. The molecule has 0 unspecified atom stereocenters. The molecule has 7 heteroatoms. The summed E-state index contributed by atoms with van der Waals surface area (Å²) in [5.74, 6) is -1.33. The Morgan fingerprint density at radius 3 is 2.05 bits per heavy atom. The molecule has 4 amide bonds. The highest BCUT2D eigenvalue weighted by atomic mass is 32.2. The molecule has 1 aliphatic rings. The Morgan fingerprint density at radius 1 is 1.11 bits per heavy atom.